The lowest BCUT2D eigenvalue weighted by atomic mass is 9.99. The molecule has 0 bridgehead atoms. The van der Waals surface area contributed by atoms with Crippen molar-refractivity contribution in [3.63, 3.8) is 0 Å². The van der Waals surface area contributed by atoms with Gasteiger partial charge >= 0.3 is 0 Å². The highest BCUT2D eigenvalue weighted by Gasteiger charge is 2.13. The third kappa shape index (κ3) is 2.18. The van der Waals surface area contributed by atoms with Crippen LogP contribution < -0.4 is 0 Å². The van der Waals surface area contributed by atoms with Gasteiger partial charge in [-0.05, 0) is 5.56 Å². The Morgan fingerprint density at radius 2 is 1.92 bits per heavy atom. The molecule has 12 heavy (non-hydrogen) atoms. The van der Waals surface area contributed by atoms with Crippen molar-refractivity contribution in [1.82, 2.24) is 0 Å². The SMILES string of the molecule is CC(c1ccccc1)[C@@H](Br)C=O. The lowest BCUT2D eigenvalue weighted by Gasteiger charge is -2.12. The van der Waals surface area contributed by atoms with E-state index in [0.717, 1.165) is 6.29 Å². The first-order chi connectivity index (χ1) is 5.75. The van der Waals surface area contributed by atoms with Crippen LogP contribution in [0.1, 0.15) is 18.4 Å². The van der Waals surface area contributed by atoms with Crippen LogP contribution in [0.4, 0.5) is 0 Å². The van der Waals surface area contributed by atoms with Crippen LogP contribution in [-0.4, -0.2) is 11.1 Å². The molecule has 2 heteroatoms. The van der Waals surface area contributed by atoms with Gasteiger partial charge in [0.1, 0.15) is 6.29 Å². The Labute approximate surface area is 80.9 Å². The van der Waals surface area contributed by atoms with Gasteiger partial charge in [-0.1, -0.05) is 53.2 Å². The number of hydrogen-bond donors (Lipinski definition) is 0. The largest absolute Gasteiger partial charge is 0.302 e. The minimum absolute atomic E-state index is 0.0834. The van der Waals surface area contributed by atoms with Gasteiger partial charge in [0, 0.05) is 5.92 Å². The topological polar surface area (TPSA) is 17.1 Å². The first-order valence-electron chi connectivity index (χ1n) is 3.90. The molecule has 64 valence electrons. The number of carbonyl (C=O) groups excluding carboxylic acids is 1. The first kappa shape index (κ1) is 9.46. The van der Waals surface area contributed by atoms with E-state index < -0.39 is 0 Å². The number of alkyl halides is 1. The van der Waals surface area contributed by atoms with E-state index in [1.165, 1.54) is 5.56 Å². The molecule has 0 saturated heterocycles. The number of aldehydes is 1. The van der Waals surface area contributed by atoms with Crippen molar-refractivity contribution >= 4 is 22.2 Å². The maximum absolute atomic E-state index is 10.5. The molecule has 0 aromatic heterocycles. The summed E-state index contributed by atoms with van der Waals surface area (Å²) in [5, 5.41) is 0. The number of rotatable bonds is 3. The van der Waals surface area contributed by atoms with Crippen molar-refractivity contribution in [1.29, 1.82) is 0 Å². The highest BCUT2D eigenvalue weighted by atomic mass is 79.9. The molecule has 0 heterocycles. The summed E-state index contributed by atoms with van der Waals surface area (Å²) < 4.78 is 0. The molecule has 0 spiro atoms. The summed E-state index contributed by atoms with van der Waals surface area (Å²) in [5.41, 5.74) is 1.19. The molecule has 0 aliphatic rings. The van der Waals surface area contributed by atoms with Gasteiger partial charge in [0.05, 0.1) is 4.83 Å². The molecule has 1 unspecified atom stereocenters. The predicted octanol–water partition coefficient (Wildman–Crippen LogP) is 2.75. The predicted molar refractivity (Wildman–Crippen MR) is 53.6 cm³/mol. The Hall–Kier alpha value is -0.630. The van der Waals surface area contributed by atoms with Crippen LogP contribution >= 0.6 is 15.9 Å². The van der Waals surface area contributed by atoms with Crippen LogP contribution in [0.2, 0.25) is 0 Å². The molecular weight excluding hydrogens is 216 g/mol. The van der Waals surface area contributed by atoms with Gasteiger partial charge in [-0.2, -0.15) is 0 Å². The fraction of sp³-hybridized carbons (Fsp3) is 0.300. The van der Waals surface area contributed by atoms with E-state index in [1.54, 1.807) is 0 Å². The molecule has 0 radical (unpaired) electrons. The van der Waals surface area contributed by atoms with Crippen molar-refractivity contribution in [2.45, 2.75) is 17.7 Å². The molecule has 1 rings (SSSR count). The van der Waals surface area contributed by atoms with Gasteiger partial charge in [-0.25, -0.2) is 0 Å². The van der Waals surface area contributed by atoms with Crippen molar-refractivity contribution in [2.24, 2.45) is 0 Å². The number of hydrogen-bond acceptors (Lipinski definition) is 1. The van der Waals surface area contributed by atoms with E-state index in [4.69, 9.17) is 0 Å². The fourth-order valence-corrected chi connectivity index (χ4v) is 1.36. The minimum atomic E-state index is -0.0834. The highest BCUT2D eigenvalue weighted by Crippen LogP contribution is 2.22. The average molecular weight is 227 g/mol. The van der Waals surface area contributed by atoms with E-state index in [9.17, 15) is 4.79 Å². The molecule has 2 atom stereocenters. The van der Waals surface area contributed by atoms with Crippen LogP contribution in [0.15, 0.2) is 30.3 Å². The summed E-state index contributed by atoms with van der Waals surface area (Å²) >= 11 is 3.31. The summed E-state index contributed by atoms with van der Waals surface area (Å²) in [6.07, 6.45) is 0.928. The Morgan fingerprint density at radius 1 is 1.33 bits per heavy atom. The van der Waals surface area contributed by atoms with Gasteiger partial charge in [0.2, 0.25) is 0 Å². The van der Waals surface area contributed by atoms with Crippen molar-refractivity contribution in [3.8, 4) is 0 Å². The van der Waals surface area contributed by atoms with Crippen LogP contribution in [0.3, 0.4) is 0 Å². The lowest BCUT2D eigenvalue weighted by Crippen LogP contribution is -2.09. The molecular formula is C10H11BrO. The van der Waals surface area contributed by atoms with E-state index in [0.29, 0.717) is 0 Å². The van der Waals surface area contributed by atoms with Crippen LogP contribution in [0.5, 0.6) is 0 Å². The molecule has 1 aromatic rings. The minimum Gasteiger partial charge on any atom is -0.302 e. The molecule has 1 nitrogen and oxygen atoms in total. The van der Waals surface area contributed by atoms with Crippen molar-refractivity contribution in [2.75, 3.05) is 0 Å². The van der Waals surface area contributed by atoms with Gasteiger partial charge in [-0.15, -0.1) is 0 Å². The zero-order valence-electron chi connectivity index (χ0n) is 6.91. The monoisotopic (exact) mass is 226 g/mol. The second-order valence-electron chi connectivity index (χ2n) is 2.78. The van der Waals surface area contributed by atoms with Crippen molar-refractivity contribution in [3.05, 3.63) is 35.9 Å². The van der Waals surface area contributed by atoms with Crippen LogP contribution in [0.25, 0.3) is 0 Å². The molecule has 0 fully saturated rings. The standard InChI is InChI=1S/C10H11BrO/c1-8(10(11)7-12)9-5-3-2-4-6-9/h2-8,10H,1H3/t8?,10-/m0/s1. The molecule has 0 amide bonds. The lowest BCUT2D eigenvalue weighted by molar-refractivity contribution is -0.107. The first-order valence-corrected chi connectivity index (χ1v) is 4.81. The summed E-state index contributed by atoms with van der Waals surface area (Å²) in [6, 6.07) is 10.00. The third-order valence-corrected chi connectivity index (χ3v) is 2.94. The highest BCUT2D eigenvalue weighted by molar-refractivity contribution is 9.10. The Balaban J connectivity index is 2.78. The van der Waals surface area contributed by atoms with Crippen molar-refractivity contribution < 1.29 is 4.79 Å². The van der Waals surface area contributed by atoms with Gasteiger partial charge in [0.15, 0.2) is 0 Å². The van der Waals surface area contributed by atoms with E-state index >= 15 is 0 Å². The number of benzene rings is 1. The van der Waals surface area contributed by atoms with E-state index in [2.05, 4.69) is 15.9 Å². The van der Waals surface area contributed by atoms with Gasteiger partial charge in [-0.3, -0.25) is 0 Å². The zero-order chi connectivity index (χ0) is 8.97. The molecule has 0 aliphatic carbocycles. The summed E-state index contributed by atoms with van der Waals surface area (Å²) in [5.74, 6) is 0.240. The van der Waals surface area contributed by atoms with Gasteiger partial charge < -0.3 is 4.79 Å². The fourth-order valence-electron chi connectivity index (χ4n) is 1.06. The summed E-state index contributed by atoms with van der Waals surface area (Å²) in [4.78, 5) is 10.4. The molecule has 0 N–H and O–H groups in total. The van der Waals surface area contributed by atoms with Crippen LogP contribution in [0, 0.1) is 0 Å². The number of halogens is 1. The second kappa shape index (κ2) is 4.41. The van der Waals surface area contributed by atoms with Crippen LogP contribution in [-0.2, 0) is 4.79 Å². The quantitative estimate of drug-likeness (QED) is 0.573. The molecule has 0 saturated carbocycles. The maximum Gasteiger partial charge on any atom is 0.134 e. The zero-order valence-corrected chi connectivity index (χ0v) is 8.49. The maximum atomic E-state index is 10.5. The van der Waals surface area contributed by atoms with E-state index in [-0.39, 0.29) is 10.7 Å². The second-order valence-corrected chi connectivity index (χ2v) is 3.84. The summed E-state index contributed by atoms with van der Waals surface area (Å²) in [7, 11) is 0. The third-order valence-electron chi connectivity index (χ3n) is 1.93. The Bertz CT molecular complexity index is 245. The smallest absolute Gasteiger partial charge is 0.134 e. The number of carbonyl (C=O) groups is 1. The normalized spacial score (nSPS) is 15.2. The molecule has 1 aromatic carbocycles. The molecule has 0 aliphatic heterocycles. The van der Waals surface area contributed by atoms with E-state index in [1.807, 2.05) is 37.3 Å². The Kier molecular flexibility index (Phi) is 3.48. The Morgan fingerprint density at radius 3 is 2.42 bits per heavy atom. The summed E-state index contributed by atoms with van der Waals surface area (Å²) in [6.45, 7) is 2.03. The average Bonchev–Trinajstić information content (AvgIpc) is 2.17. The van der Waals surface area contributed by atoms with Gasteiger partial charge in [0.25, 0.3) is 0 Å².